The molecule has 228 valence electrons. The third-order valence-corrected chi connectivity index (χ3v) is 16.8. The van der Waals surface area contributed by atoms with E-state index in [4.69, 9.17) is 4.12 Å². The summed E-state index contributed by atoms with van der Waals surface area (Å²) in [5.41, 5.74) is 11.9. The Bertz CT molecular complexity index is 1190. The van der Waals surface area contributed by atoms with Gasteiger partial charge in [0.05, 0.1) is 0 Å². The van der Waals surface area contributed by atoms with Crippen LogP contribution >= 0.6 is 0 Å². The molecule has 0 heterocycles. The fourth-order valence-corrected chi connectivity index (χ4v) is 16.1. The molecule has 43 heavy (non-hydrogen) atoms. The zero-order valence-corrected chi connectivity index (χ0v) is 30.5. The van der Waals surface area contributed by atoms with Crippen LogP contribution in [0.3, 0.4) is 0 Å². The molecule has 0 bridgehead atoms. The molecule has 0 unspecified atom stereocenters. The van der Waals surface area contributed by atoms with E-state index >= 15 is 0 Å². The Morgan fingerprint density at radius 1 is 0.326 bits per heavy atom. The van der Waals surface area contributed by atoms with Crippen LogP contribution in [0.15, 0.2) is 72.8 Å². The summed E-state index contributed by atoms with van der Waals surface area (Å²) in [7, 11) is -4.28. The van der Waals surface area contributed by atoms with Crippen molar-refractivity contribution in [2.24, 2.45) is 0 Å². The number of aryl methyl sites for hydroxylation is 8. The normalized spacial score (nSPS) is 11.6. The van der Waals surface area contributed by atoms with Gasteiger partial charge in [-0.15, -0.1) is 0 Å². The van der Waals surface area contributed by atoms with Crippen molar-refractivity contribution in [3.05, 3.63) is 117 Å². The van der Waals surface area contributed by atoms with Crippen LogP contribution in [0.5, 0.6) is 0 Å². The third kappa shape index (κ3) is 6.85. The number of hydrogen-bond acceptors (Lipinski definition) is 1. The highest BCUT2D eigenvalue weighted by Gasteiger charge is 2.35. The lowest BCUT2D eigenvalue weighted by Crippen LogP contribution is -2.60. The minimum atomic E-state index is -2.14. The van der Waals surface area contributed by atoms with Crippen LogP contribution in [-0.4, -0.2) is 18.1 Å². The van der Waals surface area contributed by atoms with E-state index in [9.17, 15) is 0 Å². The second-order valence-corrected chi connectivity index (χ2v) is 16.6. The molecule has 0 N–H and O–H groups in total. The van der Waals surface area contributed by atoms with Gasteiger partial charge in [-0.25, -0.2) is 0 Å². The smallest absolute Gasteiger partial charge is 0.229 e. The molecule has 3 heteroatoms. The zero-order valence-electron chi connectivity index (χ0n) is 28.1. The zero-order chi connectivity index (χ0) is 30.9. The Hall–Kier alpha value is -2.73. The molecule has 1 nitrogen and oxygen atoms in total. The van der Waals surface area contributed by atoms with Gasteiger partial charge in [0.1, 0.15) is 0 Å². The van der Waals surface area contributed by atoms with E-state index in [0.717, 1.165) is 51.4 Å². The minimum Gasteiger partial charge on any atom is -0.446 e. The molecule has 0 saturated heterocycles. The quantitative estimate of drug-likeness (QED) is 0.147. The molecular weight excluding hydrogens is 553 g/mol. The first-order valence-electron chi connectivity index (χ1n) is 17.1. The second-order valence-electron chi connectivity index (χ2n) is 11.7. The summed E-state index contributed by atoms with van der Waals surface area (Å²) < 4.78 is 8.21. The van der Waals surface area contributed by atoms with Crippen LogP contribution in [0.1, 0.15) is 99.9 Å². The summed E-state index contributed by atoms with van der Waals surface area (Å²) in [6, 6.07) is 28.1. The highest BCUT2D eigenvalue weighted by molar-refractivity contribution is 6.93. The molecule has 0 atom stereocenters. The average Bonchev–Trinajstić information content (AvgIpc) is 3.07. The molecule has 4 rings (SSSR count). The summed E-state index contributed by atoms with van der Waals surface area (Å²) in [6.45, 7) is 18.6. The van der Waals surface area contributed by atoms with Gasteiger partial charge in [-0.05, 0) is 117 Å². The van der Waals surface area contributed by atoms with E-state index < -0.39 is 18.1 Å². The maximum atomic E-state index is 8.21. The highest BCUT2D eigenvalue weighted by Crippen LogP contribution is 2.18. The monoisotopic (exact) mass is 606 g/mol. The van der Waals surface area contributed by atoms with Crippen molar-refractivity contribution in [3.8, 4) is 0 Å². The van der Waals surface area contributed by atoms with Gasteiger partial charge < -0.3 is 4.12 Å². The highest BCUT2D eigenvalue weighted by atomic mass is 28.4. The van der Waals surface area contributed by atoms with E-state index in [0.29, 0.717) is 0 Å². The first kappa shape index (κ1) is 33.2. The Morgan fingerprint density at radius 2 is 0.488 bits per heavy atom. The fraction of sp³-hybridized carbons (Fsp3) is 0.400. The fourth-order valence-electron chi connectivity index (χ4n) is 7.18. The van der Waals surface area contributed by atoms with Gasteiger partial charge in [-0.1, -0.05) is 128 Å². The molecule has 4 aromatic rings. The summed E-state index contributed by atoms with van der Waals surface area (Å²) in [5, 5.41) is 6.22. The lowest BCUT2D eigenvalue weighted by atomic mass is 10.1. The molecule has 0 spiro atoms. The third-order valence-electron chi connectivity index (χ3n) is 9.52. The Morgan fingerprint density at radius 3 is 0.628 bits per heavy atom. The summed E-state index contributed by atoms with van der Waals surface area (Å²) in [6.07, 6.45) is 8.30. The van der Waals surface area contributed by atoms with Crippen molar-refractivity contribution in [2.45, 2.75) is 107 Å². The molecule has 0 fully saturated rings. The predicted octanol–water partition coefficient (Wildman–Crippen LogP) is 6.58. The van der Waals surface area contributed by atoms with E-state index in [1.54, 1.807) is 20.7 Å². The Balaban J connectivity index is 2.15. The van der Waals surface area contributed by atoms with Crippen LogP contribution in [0.2, 0.25) is 0 Å². The van der Waals surface area contributed by atoms with Gasteiger partial charge in [0.2, 0.25) is 18.1 Å². The Kier molecular flexibility index (Phi) is 12.2. The van der Waals surface area contributed by atoms with Gasteiger partial charge in [0, 0.05) is 0 Å². The first-order chi connectivity index (χ1) is 21.0. The van der Waals surface area contributed by atoms with E-state index in [-0.39, 0.29) is 0 Å². The Labute approximate surface area is 266 Å². The SMILES string of the molecule is CCc1cccc(CC)c1[SiH](O[SiH](c1c(CC)cccc1CC)c1c(CC)cccc1CC)c1c(CC)cccc1CC. The number of hydrogen-bond donors (Lipinski definition) is 0. The number of rotatable bonds is 14. The van der Waals surface area contributed by atoms with Gasteiger partial charge >= 0.3 is 0 Å². The van der Waals surface area contributed by atoms with Crippen molar-refractivity contribution in [3.63, 3.8) is 0 Å². The van der Waals surface area contributed by atoms with Crippen LogP contribution in [0, 0.1) is 0 Å². The number of benzene rings is 4. The molecule has 0 aliphatic heterocycles. The van der Waals surface area contributed by atoms with E-state index in [1.807, 2.05) is 0 Å². The van der Waals surface area contributed by atoms with Crippen molar-refractivity contribution in [1.82, 2.24) is 0 Å². The topological polar surface area (TPSA) is 9.23 Å². The summed E-state index contributed by atoms with van der Waals surface area (Å²) in [5.74, 6) is 0. The van der Waals surface area contributed by atoms with Crippen molar-refractivity contribution in [1.29, 1.82) is 0 Å². The van der Waals surface area contributed by atoms with Crippen molar-refractivity contribution >= 4 is 38.8 Å². The predicted molar refractivity (Wildman–Crippen MR) is 195 cm³/mol. The molecular formula is C40H54OSi2. The van der Waals surface area contributed by atoms with E-state index in [1.165, 1.54) is 44.5 Å². The van der Waals surface area contributed by atoms with Gasteiger partial charge in [0.25, 0.3) is 0 Å². The van der Waals surface area contributed by atoms with Crippen LogP contribution in [-0.2, 0) is 55.5 Å². The second kappa shape index (κ2) is 15.8. The minimum absolute atomic E-state index is 1.04. The molecule has 0 aliphatic rings. The molecule has 0 amide bonds. The summed E-state index contributed by atoms with van der Waals surface area (Å²) in [4.78, 5) is 0. The van der Waals surface area contributed by atoms with Crippen LogP contribution in [0.25, 0.3) is 0 Å². The lowest BCUT2D eigenvalue weighted by Gasteiger charge is -2.33. The molecule has 0 aliphatic carbocycles. The largest absolute Gasteiger partial charge is 0.446 e. The van der Waals surface area contributed by atoms with Crippen LogP contribution < -0.4 is 20.7 Å². The average molecular weight is 607 g/mol. The van der Waals surface area contributed by atoms with Gasteiger partial charge in [-0.3, -0.25) is 0 Å². The molecule has 0 saturated carbocycles. The summed E-state index contributed by atoms with van der Waals surface area (Å²) >= 11 is 0. The first-order valence-corrected chi connectivity index (χ1v) is 20.3. The maximum absolute atomic E-state index is 8.21. The molecule has 4 aromatic carbocycles. The van der Waals surface area contributed by atoms with Gasteiger partial charge in [0.15, 0.2) is 0 Å². The molecule has 0 aromatic heterocycles. The standard InChI is InChI=1S/C40H54OSi2/c1-9-29-21-17-22-30(10-2)37(29)42(38-31(11-3)23-18-24-32(38)12-4)41-43(39-33(13-5)25-19-26-34(39)14-6)40-35(15-7)27-20-28-36(40)16-8/h17-28,42-43H,9-16H2,1-8H3. The van der Waals surface area contributed by atoms with Crippen molar-refractivity contribution in [2.75, 3.05) is 0 Å². The maximum Gasteiger partial charge on any atom is 0.229 e. The lowest BCUT2D eigenvalue weighted by molar-refractivity contribution is 0.629. The van der Waals surface area contributed by atoms with Crippen molar-refractivity contribution < 1.29 is 4.12 Å². The van der Waals surface area contributed by atoms with Gasteiger partial charge in [-0.2, -0.15) is 0 Å². The molecule has 0 radical (unpaired) electrons. The van der Waals surface area contributed by atoms with Crippen LogP contribution in [0.4, 0.5) is 0 Å². The van der Waals surface area contributed by atoms with E-state index in [2.05, 4.69) is 128 Å².